The second kappa shape index (κ2) is 6.68. The van der Waals surface area contributed by atoms with Gasteiger partial charge in [0.25, 0.3) is 0 Å². The van der Waals surface area contributed by atoms with Crippen molar-refractivity contribution in [2.24, 2.45) is 0 Å². The monoisotopic (exact) mass is 330 g/mol. The summed E-state index contributed by atoms with van der Waals surface area (Å²) in [7, 11) is 0. The number of carboxylic acids is 1. The Morgan fingerprint density at radius 3 is 2.53 bits per heavy atom. The lowest BCUT2D eigenvalue weighted by molar-refractivity contribution is -0.147. The Bertz CT molecular complexity index is 484. The number of aliphatic carboxylic acids is 1. The van der Waals surface area contributed by atoms with Crippen LogP contribution in [0.25, 0.3) is 0 Å². The van der Waals surface area contributed by atoms with Gasteiger partial charge in [-0.1, -0.05) is 28.1 Å². The largest absolute Gasteiger partial charge is 0.493 e. The first-order valence-electron chi connectivity index (χ1n) is 5.74. The van der Waals surface area contributed by atoms with E-state index in [1.165, 1.54) is 18.2 Å². The minimum Gasteiger partial charge on any atom is -0.493 e. The third kappa shape index (κ3) is 3.78. The molecule has 0 aliphatic heterocycles. The molecule has 2 unspecified atom stereocenters. The Labute approximate surface area is 119 Å². The number of hydrogen-bond donors (Lipinski definition) is 2. The standard InChI is InChI=1S/C13H15BrO5/c1-3-19-10-6-8(11(15)7(2)14)4-5-9(10)12(16)13(17)18/h4-7,12,16H,3H2,1-2H3,(H,17,18). The Hall–Kier alpha value is -1.40. The molecule has 0 spiro atoms. The van der Waals surface area contributed by atoms with Gasteiger partial charge in [-0.15, -0.1) is 0 Å². The summed E-state index contributed by atoms with van der Waals surface area (Å²) >= 11 is 3.18. The molecule has 2 N–H and O–H groups in total. The van der Waals surface area contributed by atoms with Crippen molar-refractivity contribution in [2.45, 2.75) is 24.8 Å². The molecule has 104 valence electrons. The Morgan fingerprint density at radius 2 is 2.05 bits per heavy atom. The molecular formula is C13H15BrO5. The predicted octanol–water partition coefficient (Wildman–Crippen LogP) is 2.17. The van der Waals surface area contributed by atoms with E-state index >= 15 is 0 Å². The molecular weight excluding hydrogens is 316 g/mol. The number of aliphatic hydroxyl groups excluding tert-OH is 1. The molecule has 6 heteroatoms. The quantitative estimate of drug-likeness (QED) is 0.616. The normalized spacial score (nSPS) is 13.7. The van der Waals surface area contributed by atoms with Crippen LogP contribution >= 0.6 is 15.9 Å². The maximum absolute atomic E-state index is 11.8. The average molecular weight is 331 g/mol. The van der Waals surface area contributed by atoms with Gasteiger partial charge in [0.1, 0.15) is 5.75 Å². The van der Waals surface area contributed by atoms with Crippen LogP contribution in [-0.4, -0.2) is 33.4 Å². The van der Waals surface area contributed by atoms with E-state index in [9.17, 15) is 14.7 Å². The van der Waals surface area contributed by atoms with Gasteiger partial charge in [-0.3, -0.25) is 4.79 Å². The lowest BCUT2D eigenvalue weighted by atomic mass is 10.0. The predicted molar refractivity (Wildman–Crippen MR) is 72.9 cm³/mol. The number of ketones is 1. The van der Waals surface area contributed by atoms with Crippen LogP contribution in [0.5, 0.6) is 5.75 Å². The average Bonchev–Trinajstić information content (AvgIpc) is 2.37. The van der Waals surface area contributed by atoms with Gasteiger partial charge in [0.15, 0.2) is 11.9 Å². The molecule has 1 aromatic rings. The van der Waals surface area contributed by atoms with Gasteiger partial charge in [0.05, 0.1) is 11.4 Å². The SMILES string of the molecule is CCOc1cc(C(=O)C(C)Br)ccc1C(O)C(=O)O. The number of aliphatic hydroxyl groups is 1. The van der Waals surface area contributed by atoms with Crippen LogP contribution in [0, 0.1) is 0 Å². The molecule has 1 rings (SSSR count). The number of benzene rings is 1. The number of carbonyl (C=O) groups excluding carboxylic acids is 1. The van der Waals surface area contributed by atoms with E-state index in [1.54, 1.807) is 13.8 Å². The molecule has 0 fully saturated rings. The molecule has 0 aliphatic carbocycles. The highest BCUT2D eigenvalue weighted by atomic mass is 79.9. The van der Waals surface area contributed by atoms with Gasteiger partial charge in [-0.05, 0) is 19.9 Å². The molecule has 19 heavy (non-hydrogen) atoms. The van der Waals surface area contributed by atoms with Crippen molar-refractivity contribution in [1.29, 1.82) is 0 Å². The number of carboxylic acid groups (broad SMARTS) is 1. The second-order valence-corrected chi connectivity index (χ2v) is 5.28. The lowest BCUT2D eigenvalue weighted by Crippen LogP contribution is -2.14. The van der Waals surface area contributed by atoms with E-state index in [4.69, 9.17) is 9.84 Å². The molecule has 0 saturated heterocycles. The first kappa shape index (κ1) is 15.7. The van der Waals surface area contributed by atoms with Crippen molar-refractivity contribution in [2.75, 3.05) is 6.61 Å². The van der Waals surface area contributed by atoms with E-state index < -0.39 is 12.1 Å². The van der Waals surface area contributed by atoms with Crippen molar-refractivity contribution < 1.29 is 24.5 Å². The summed E-state index contributed by atoms with van der Waals surface area (Å²) in [6.07, 6.45) is -1.67. The molecule has 5 nitrogen and oxygen atoms in total. The maximum Gasteiger partial charge on any atom is 0.337 e. The second-order valence-electron chi connectivity index (χ2n) is 3.91. The van der Waals surface area contributed by atoms with Crippen LogP contribution in [0.2, 0.25) is 0 Å². The van der Waals surface area contributed by atoms with Crippen molar-refractivity contribution in [3.63, 3.8) is 0 Å². The highest BCUT2D eigenvalue weighted by molar-refractivity contribution is 9.10. The summed E-state index contributed by atoms with van der Waals surface area (Å²) in [5, 5.41) is 18.4. The number of halogens is 1. The van der Waals surface area contributed by atoms with Gasteiger partial charge in [0, 0.05) is 11.1 Å². The molecule has 0 aromatic heterocycles. The highest BCUT2D eigenvalue weighted by Gasteiger charge is 2.22. The van der Waals surface area contributed by atoms with Crippen LogP contribution in [0.1, 0.15) is 35.9 Å². The van der Waals surface area contributed by atoms with E-state index in [2.05, 4.69) is 15.9 Å². The topological polar surface area (TPSA) is 83.8 Å². The zero-order chi connectivity index (χ0) is 14.6. The van der Waals surface area contributed by atoms with E-state index in [0.29, 0.717) is 12.2 Å². The molecule has 2 atom stereocenters. The zero-order valence-electron chi connectivity index (χ0n) is 10.6. The van der Waals surface area contributed by atoms with Crippen molar-refractivity contribution in [3.05, 3.63) is 29.3 Å². The summed E-state index contributed by atoms with van der Waals surface area (Å²) in [5.74, 6) is -1.30. The van der Waals surface area contributed by atoms with Gasteiger partial charge in [0.2, 0.25) is 0 Å². The van der Waals surface area contributed by atoms with Crippen molar-refractivity contribution >= 4 is 27.7 Å². The number of alkyl halides is 1. The Balaban J connectivity index is 3.21. The Kier molecular flexibility index (Phi) is 5.50. The number of carbonyl (C=O) groups is 2. The van der Waals surface area contributed by atoms with Crippen molar-refractivity contribution in [3.8, 4) is 5.75 Å². The van der Waals surface area contributed by atoms with Gasteiger partial charge < -0.3 is 14.9 Å². The maximum atomic E-state index is 11.8. The fraction of sp³-hybridized carbons (Fsp3) is 0.385. The van der Waals surface area contributed by atoms with Gasteiger partial charge in [-0.2, -0.15) is 0 Å². The molecule has 0 saturated carbocycles. The minimum absolute atomic E-state index is 0.133. The minimum atomic E-state index is -1.67. The summed E-state index contributed by atoms with van der Waals surface area (Å²) in [5.41, 5.74) is 0.530. The zero-order valence-corrected chi connectivity index (χ0v) is 12.2. The number of ether oxygens (including phenoxy) is 1. The molecule has 0 heterocycles. The van der Waals surface area contributed by atoms with Gasteiger partial charge >= 0.3 is 5.97 Å². The third-order valence-corrected chi connectivity index (χ3v) is 2.90. The molecule has 0 amide bonds. The smallest absolute Gasteiger partial charge is 0.337 e. The first-order valence-corrected chi connectivity index (χ1v) is 6.66. The first-order chi connectivity index (χ1) is 8.88. The highest BCUT2D eigenvalue weighted by Crippen LogP contribution is 2.28. The number of rotatable bonds is 6. The van der Waals surface area contributed by atoms with Gasteiger partial charge in [-0.25, -0.2) is 4.79 Å². The molecule has 0 aliphatic rings. The molecule has 0 radical (unpaired) electrons. The van der Waals surface area contributed by atoms with E-state index in [0.717, 1.165) is 0 Å². The summed E-state index contributed by atoms with van der Waals surface area (Å²) < 4.78 is 5.29. The summed E-state index contributed by atoms with van der Waals surface area (Å²) in [4.78, 5) is 22.3. The number of Topliss-reactive ketones (excluding diaryl/α,β-unsaturated/α-hetero) is 1. The third-order valence-electron chi connectivity index (χ3n) is 2.49. The number of hydrogen-bond acceptors (Lipinski definition) is 4. The fourth-order valence-corrected chi connectivity index (χ4v) is 1.82. The molecule has 1 aromatic carbocycles. The molecule has 0 bridgehead atoms. The fourth-order valence-electron chi connectivity index (χ4n) is 1.56. The van der Waals surface area contributed by atoms with Crippen molar-refractivity contribution in [1.82, 2.24) is 0 Å². The van der Waals surface area contributed by atoms with Crippen LogP contribution in [0.15, 0.2) is 18.2 Å². The Morgan fingerprint density at radius 1 is 1.42 bits per heavy atom. The lowest BCUT2D eigenvalue weighted by Gasteiger charge is -2.14. The van der Waals surface area contributed by atoms with Crippen LogP contribution in [0.4, 0.5) is 0 Å². The van der Waals surface area contributed by atoms with E-state index in [1.807, 2.05) is 0 Å². The van der Waals surface area contributed by atoms with Crippen LogP contribution in [0.3, 0.4) is 0 Å². The summed E-state index contributed by atoms with van der Waals surface area (Å²) in [6, 6.07) is 4.32. The van der Waals surface area contributed by atoms with Crippen LogP contribution < -0.4 is 4.74 Å². The van der Waals surface area contributed by atoms with Crippen LogP contribution in [-0.2, 0) is 4.79 Å². The van der Waals surface area contributed by atoms with E-state index in [-0.39, 0.29) is 21.9 Å². The summed E-state index contributed by atoms with van der Waals surface area (Å²) in [6.45, 7) is 3.74.